The fourth-order valence-electron chi connectivity index (χ4n) is 1.56. The van der Waals surface area contributed by atoms with Crippen LogP contribution in [0.3, 0.4) is 0 Å². The van der Waals surface area contributed by atoms with Crippen molar-refractivity contribution in [3.8, 4) is 0 Å². The van der Waals surface area contributed by atoms with E-state index in [0.717, 1.165) is 12.1 Å². The lowest BCUT2D eigenvalue weighted by molar-refractivity contribution is 0.280. The van der Waals surface area contributed by atoms with Crippen molar-refractivity contribution in [1.29, 1.82) is 0 Å². The third-order valence-corrected chi connectivity index (χ3v) is 2.33. The van der Waals surface area contributed by atoms with Gasteiger partial charge in [0.2, 0.25) is 0 Å². The zero-order chi connectivity index (χ0) is 12.1. The lowest BCUT2D eigenvalue weighted by Crippen LogP contribution is -2.28. The van der Waals surface area contributed by atoms with E-state index in [2.05, 4.69) is 0 Å². The highest BCUT2D eigenvalue weighted by molar-refractivity contribution is 5.50. The summed E-state index contributed by atoms with van der Waals surface area (Å²) in [5.74, 6) is -1.45. The van der Waals surface area contributed by atoms with Crippen molar-refractivity contribution < 1.29 is 19.0 Å². The molecule has 0 atom stereocenters. The first kappa shape index (κ1) is 12.9. The Bertz CT molecular complexity index is 335. The molecule has 0 spiro atoms. The summed E-state index contributed by atoms with van der Waals surface area (Å²) in [5, 5.41) is 17.6. The first-order valence-corrected chi connectivity index (χ1v) is 5.08. The number of likely N-dealkylation sites (N-methyl/N-ethyl adjacent to an activating group) is 1. The fourth-order valence-corrected chi connectivity index (χ4v) is 1.56. The molecule has 1 aromatic rings. The van der Waals surface area contributed by atoms with Gasteiger partial charge in [0.05, 0.1) is 13.2 Å². The third kappa shape index (κ3) is 2.68. The molecule has 0 saturated heterocycles. The van der Waals surface area contributed by atoms with E-state index < -0.39 is 18.2 Å². The number of rotatable bonds is 5. The Morgan fingerprint density at radius 1 is 1.19 bits per heavy atom. The van der Waals surface area contributed by atoms with Gasteiger partial charge in [-0.2, -0.15) is 0 Å². The van der Waals surface area contributed by atoms with E-state index in [0.29, 0.717) is 6.54 Å². The average molecular weight is 231 g/mol. The Morgan fingerprint density at radius 2 is 1.75 bits per heavy atom. The van der Waals surface area contributed by atoms with Crippen LogP contribution in [0.2, 0.25) is 0 Å². The number of benzene rings is 1. The van der Waals surface area contributed by atoms with Gasteiger partial charge in [0, 0.05) is 13.1 Å². The molecule has 16 heavy (non-hydrogen) atoms. The molecule has 0 aromatic heterocycles. The summed E-state index contributed by atoms with van der Waals surface area (Å²) in [7, 11) is 0. The molecule has 0 radical (unpaired) electrons. The van der Waals surface area contributed by atoms with Crippen molar-refractivity contribution in [3.05, 3.63) is 29.3 Å². The number of aliphatic hydroxyl groups excluding tert-OH is 2. The van der Waals surface area contributed by atoms with Gasteiger partial charge in [-0.3, -0.25) is 0 Å². The number of hydrogen-bond donors (Lipinski definition) is 2. The van der Waals surface area contributed by atoms with Gasteiger partial charge in [0.15, 0.2) is 0 Å². The average Bonchev–Trinajstić information content (AvgIpc) is 2.26. The number of hydrogen-bond acceptors (Lipinski definition) is 3. The van der Waals surface area contributed by atoms with E-state index >= 15 is 0 Å². The Hall–Kier alpha value is -1.20. The van der Waals surface area contributed by atoms with Crippen LogP contribution in [0, 0.1) is 11.6 Å². The van der Waals surface area contributed by atoms with Crippen LogP contribution in [0.25, 0.3) is 0 Å². The molecule has 0 aliphatic rings. The van der Waals surface area contributed by atoms with Crippen LogP contribution in [0.4, 0.5) is 14.5 Å². The molecule has 1 rings (SSSR count). The molecular weight excluding hydrogens is 216 g/mol. The minimum Gasteiger partial charge on any atom is -0.395 e. The topological polar surface area (TPSA) is 43.7 Å². The second kappa shape index (κ2) is 5.77. The van der Waals surface area contributed by atoms with Crippen molar-refractivity contribution in [3.63, 3.8) is 0 Å². The van der Waals surface area contributed by atoms with Crippen LogP contribution in [0.5, 0.6) is 0 Å². The quantitative estimate of drug-likeness (QED) is 0.802. The number of anilines is 1. The molecule has 1 aromatic carbocycles. The Kier molecular flexibility index (Phi) is 4.64. The van der Waals surface area contributed by atoms with Crippen molar-refractivity contribution in [2.45, 2.75) is 13.5 Å². The van der Waals surface area contributed by atoms with E-state index in [9.17, 15) is 8.78 Å². The maximum atomic E-state index is 13.6. The summed E-state index contributed by atoms with van der Waals surface area (Å²) in [5.41, 5.74) is 0.0348. The summed E-state index contributed by atoms with van der Waals surface area (Å²) in [6.07, 6.45) is 0. The smallest absolute Gasteiger partial charge is 0.149 e. The van der Waals surface area contributed by atoms with E-state index in [1.807, 2.05) is 0 Å². The molecule has 0 saturated carbocycles. The summed E-state index contributed by atoms with van der Waals surface area (Å²) < 4.78 is 27.2. The van der Waals surface area contributed by atoms with Crippen LogP contribution >= 0.6 is 0 Å². The molecule has 0 unspecified atom stereocenters. The predicted octanol–water partition coefficient (Wildman–Crippen LogP) is 1.28. The molecule has 0 fully saturated rings. The summed E-state index contributed by atoms with van der Waals surface area (Å²) in [6, 6.07) is 2.19. The van der Waals surface area contributed by atoms with Gasteiger partial charge in [-0.25, -0.2) is 8.78 Å². The Balaban J connectivity index is 3.11. The minimum absolute atomic E-state index is 0.159. The monoisotopic (exact) mass is 231 g/mol. The first-order chi connectivity index (χ1) is 7.63. The molecule has 0 bridgehead atoms. The molecule has 0 aliphatic carbocycles. The number of aliphatic hydroxyl groups is 2. The maximum Gasteiger partial charge on any atom is 0.149 e. The Labute approximate surface area is 92.9 Å². The van der Waals surface area contributed by atoms with Crippen LogP contribution in [0.1, 0.15) is 12.5 Å². The van der Waals surface area contributed by atoms with Crippen molar-refractivity contribution >= 4 is 5.69 Å². The molecule has 0 aliphatic heterocycles. The maximum absolute atomic E-state index is 13.6. The molecule has 3 nitrogen and oxygen atoms in total. The van der Waals surface area contributed by atoms with E-state index in [4.69, 9.17) is 10.2 Å². The minimum atomic E-state index is -0.723. The summed E-state index contributed by atoms with van der Waals surface area (Å²) in [4.78, 5) is 1.41. The van der Waals surface area contributed by atoms with Crippen molar-refractivity contribution in [2.75, 3.05) is 24.6 Å². The van der Waals surface area contributed by atoms with E-state index in [1.165, 1.54) is 4.90 Å². The number of halogens is 2. The SMILES string of the molecule is CCN(CCO)c1c(F)cc(CO)cc1F. The van der Waals surface area contributed by atoms with Crippen LogP contribution in [-0.2, 0) is 6.61 Å². The highest BCUT2D eigenvalue weighted by Gasteiger charge is 2.16. The molecule has 2 N–H and O–H groups in total. The fraction of sp³-hybridized carbons (Fsp3) is 0.455. The van der Waals surface area contributed by atoms with Gasteiger partial charge in [-0.1, -0.05) is 0 Å². The molecular formula is C11H15F2NO2. The predicted molar refractivity (Wildman–Crippen MR) is 57.3 cm³/mol. The van der Waals surface area contributed by atoms with Gasteiger partial charge < -0.3 is 15.1 Å². The summed E-state index contributed by atoms with van der Waals surface area (Å²) in [6.45, 7) is 1.74. The first-order valence-electron chi connectivity index (χ1n) is 5.08. The van der Waals surface area contributed by atoms with E-state index in [-0.39, 0.29) is 24.4 Å². The molecule has 5 heteroatoms. The highest BCUT2D eigenvalue weighted by atomic mass is 19.1. The van der Waals surface area contributed by atoms with Crippen molar-refractivity contribution in [2.24, 2.45) is 0 Å². The second-order valence-electron chi connectivity index (χ2n) is 3.37. The van der Waals surface area contributed by atoms with E-state index in [1.54, 1.807) is 6.92 Å². The third-order valence-electron chi connectivity index (χ3n) is 2.33. The van der Waals surface area contributed by atoms with Crippen LogP contribution in [0.15, 0.2) is 12.1 Å². The largest absolute Gasteiger partial charge is 0.395 e. The van der Waals surface area contributed by atoms with Crippen molar-refractivity contribution in [1.82, 2.24) is 0 Å². The van der Waals surface area contributed by atoms with Gasteiger partial charge >= 0.3 is 0 Å². The van der Waals surface area contributed by atoms with Gasteiger partial charge in [0.1, 0.15) is 17.3 Å². The summed E-state index contributed by atoms with van der Waals surface area (Å²) >= 11 is 0. The highest BCUT2D eigenvalue weighted by Crippen LogP contribution is 2.24. The van der Waals surface area contributed by atoms with Gasteiger partial charge in [-0.15, -0.1) is 0 Å². The zero-order valence-corrected chi connectivity index (χ0v) is 9.08. The second-order valence-corrected chi connectivity index (χ2v) is 3.37. The van der Waals surface area contributed by atoms with Crippen LogP contribution in [-0.4, -0.2) is 29.9 Å². The normalized spacial score (nSPS) is 10.6. The van der Waals surface area contributed by atoms with Crippen LogP contribution < -0.4 is 4.90 Å². The van der Waals surface area contributed by atoms with Gasteiger partial charge in [0.25, 0.3) is 0 Å². The lowest BCUT2D eigenvalue weighted by Gasteiger charge is -2.23. The lowest BCUT2D eigenvalue weighted by atomic mass is 10.1. The molecule has 0 heterocycles. The van der Waals surface area contributed by atoms with Gasteiger partial charge in [-0.05, 0) is 24.6 Å². The zero-order valence-electron chi connectivity index (χ0n) is 9.08. The molecule has 90 valence electrons. The Morgan fingerprint density at radius 3 is 2.12 bits per heavy atom. The number of nitrogens with zero attached hydrogens (tertiary/aromatic N) is 1. The molecule has 0 amide bonds. The standard InChI is InChI=1S/C11H15F2NO2/c1-2-14(3-4-15)11-9(12)5-8(7-16)6-10(11)13/h5-6,15-16H,2-4,7H2,1H3.